The molecule has 0 N–H and O–H groups in total. The summed E-state index contributed by atoms with van der Waals surface area (Å²) in [6, 6.07) is 50.4. The predicted octanol–water partition coefficient (Wildman–Crippen LogP) is 11.2. The lowest BCUT2D eigenvalue weighted by atomic mass is 9.62. The third-order valence-corrected chi connectivity index (χ3v) is 15.1. The minimum absolute atomic E-state index is 0.485. The first-order valence-corrected chi connectivity index (χ1v) is 21.1. The van der Waals surface area contributed by atoms with Gasteiger partial charge in [0.15, 0.2) is 0 Å². The SMILES string of the molecule is CC1(C)OB(c2ccc3c(c2)C2(c4cc(B5OC(C)(C)C(C)(C)O5)ccc4-c4ccccc4-3)c3ccccc3-c3c2cc2ccc4cccc5ccc3c2c45)OC1(C)C. The second-order valence-corrected chi connectivity index (χ2v) is 19.3. The molecular weight excluding hydrogens is 722 g/mol. The van der Waals surface area contributed by atoms with Crippen LogP contribution in [0.25, 0.3) is 65.7 Å². The van der Waals surface area contributed by atoms with E-state index in [1.54, 1.807) is 0 Å². The van der Waals surface area contributed by atoms with Crippen LogP contribution in [-0.4, -0.2) is 36.6 Å². The van der Waals surface area contributed by atoms with E-state index >= 15 is 0 Å². The van der Waals surface area contributed by atoms with Gasteiger partial charge in [-0.2, -0.15) is 0 Å². The molecule has 4 aliphatic rings. The van der Waals surface area contributed by atoms with Crippen molar-refractivity contribution >= 4 is 57.5 Å². The third-order valence-electron chi connectivity index (χ3n) is 15.1. The Morgan fingerprint density at radius 1 is 0.356 bits per heavy atom. The molecule has 0 atom stereocenters. The van der Waals surface area contributed by atoms with Gasteiger partial charge < -0.3 is 18.6 Å². The molecule has 0 unspecified atom stereocenters. The maximum Gasteiger partial charge on any atom is 0.494 e. The van der Waals surface area contributed by atoms with Crippen LogP contribution in [0.2, 0.25) is 0 Å². The van der Waals surface area contributed by atoms with Crippen LogP contribution in [0.4, 0.5) is 0 Å². The van der Waals surface area contributed by atoms with Crippen LogP contribution < -0.4 is 10.9 Å². The molecule has 8 aromatic carbocycles. The Bertz CT molecular complexity index is 2950. The van der Waals surface area contributed by atoms with Crippen molar-refractivity contribution < 1.29 is 18.6 Å². The fourth-order valence-electron chi connectivity index (χ4n) is 10.7. The van der Waals surface area contributed by atoms with Gasteiger partial charge in [-0.3, -0.25) is 0 Å². The third kappa shape index (κ3) is 4.56. The van der Waals surface area contributed by atoms with E-state index < -0.39 is 42.1 Å². The second-order valence-electron chi connectivity index (χ2n) is 19.3. The van der Waals surface area contributed by atoms with Crippen molar-refractivity contribution in [2.45, 2.75) is 83.2 Å². The van der Waals surface area contributed by atoms with Crippen LogP contribution >= 0.6 is 0 Å². The van der Waals surface area contributed by atoms with Crippen LogP contribution in [0, 0.1) is 0 Å². The zero-order valence-electron chi connectivity index (χ0n) is 35.0. The lowest BCUT2D eigenvalue weighted by Crippen LogP contribution is -2.41. The monoisotopic (exact) mass is 768 g/mol. The molecule has 59 heavy (non-hydrogen) atoms. The van der Waals surface area contributed by atoms with E-state index in [-0.39, 0.29) is 0 Å². The van der Waals surface area contributed by atoms with Gasteiger partial charge in [0.25, 0.3) is 0 Å². The first-order chi connectivity index (χ1) is 28.2. The molecule has 12 rings (SSSR count). The van der Waals surface area contributed by atoms with Gasteiger partial charge in [0, 0.05) is 0 Å². The van der Waals surface area contributed by atoms with E-state index in [2.05, 4.69) is 189 Å². The van der Waals surface area contributed by atoms with Crippen LogP contribution in [0.3, 0.4) is 0 Å². The molecule has 288 valence electrons. The van der Waals surface area contributed by atoms with E-state index in [4.69, 9.17) is 18.6 Å². The van der Waals surface area contributed by atoms with E-state index in [1.165, 1.54) is 88.0 Å². The molecule has 0 amide bonds. The Labute approximate surface area is 347 Å². The summed E-state index contributed by atoms with van der Waals surface area (Å²) in [5, 5.41) is 7.69. The molecule has 2 heterocycles. The Kier molecular flexibility index (Phi) is 6.97. The molecule has 4 nitrogen and oxygen atoms in total. The minimum Gasteiger partial charge on any atom is -0.399 e. The summed E-state index contributed by atoms with van der Waals surface area (Å²) in [5.74, 6) is 0. The smallest absolute Gasteiger partial charge is 0.399 e. The molecule has 2 aliphatic carbocycles. The van der Waals surface area contributed by atoms with Gasteiger partial charge in [0.1, 0.15) is 0 Å². The lowest BCUT2D eigenvalue weighted by molar-refractivity contribution is 0.00578. The molecule has 0 radical (unpaired) electrons. The van der Waals surface area contributed by atoms with Crippen molar-refractivity contribution in [3.8, 4) is 33.4 Å². The number of hydrogen-bond acceptors (Lipinski definition) is 4. The first-order valence-electron chi connectivity index (χ1n) is 21.1. The quantitative estimate of drug-likeness (QED) is 0.130. The average Bonchev–Trinajstić information content (AvgIpc) is 3.70. The van der Waals surface area contributed by atoms with Crippen molar-refractivity contribution in [2.24, 2.45) is 0 Å². The van der Waals surface area contributed by atoms with Gasteiger partial charge in [-0.15, -0.1) is 0 Å². The molecule has 0 saturated carbocycles. The molecule has 0 bridgehead atoms. The summed E-state index contributed by atoms with van der Waals surface area (Å²) in [6.45, 7) is 17.0. The fourth-order valence-corrected chi connectivity index (χ4v) is 10.7. The highest BCUT2D eigenvalue weighted by Gasteiger charge is 2.56. The molecule has 0 aromatic heterocycles. The highest BCUT2D eigenvalue weighted by atomic mass is 16.7. The summed E-state index contributed by atoms with van der Waals surface area (Å²) in [4.78, 5) is 0. The summed E-state index contributed by atoms with van der Waals surface area (Å²) in [6.07, 6.45) is 0. The normalized spacial score (nSPS) is 19.9. The van der Waals surface area contributed by atoms with Gasteiger partial charge >= 0.3 is 14.2 Å². The van der Waals surface area contributed by atoms with Gasteiger partial charge in [-0.05, 0) is 160 Å². The lowest BCUT2D eigenvalue weighted by Gasteiger charge is -2.36. The Morgan fingerprint density at radius 2 is 0.831 bits per heavy atom. The standard InChI is InChI=1S/C53H46B2O4/c1-49(2)50(3,4)57-54(56-49)34-23-26-38-36-16-9-10-17-37(36)39-27-24-35(55-58-51(5,6)52(7,8)59-55)30-44(39)53(43(38)29-34)42-19-12-11-18-40(42)48-41-25-22-32-15-13-14-31-20-21-33(28-45(48)53)47(41)46(31)32/h9-30H,1-8H3. The zero-order valence-corrected chi connectivity index (χ0v) is 35.0. The maximum absolute atomic E-state index is 6.80. The Hall–Kier alpha value is -5.23. The van der Waals surface area contributed by atoms with Crippen LogP contribution in [0.5, 0.6) is 0 Å². The topological polar surface area (TPSA) is 36.9 Å². The number of fused-ring (bicyclic) bond motifs is 13. The highest BCUT2D eigenvalue weighted by Crippen LogP contribution is 2.63. The van der Waals surface area contributed by atoms with Crippen molar-refractivity contribution in [3.63, 3.8) is 0 Å². The van der Waals surface area contributed by atoms with Crippen LogP contribution in [0.15, 0.2) is 133 Å². The molecule has 2 fully saturated rings. The van der Waals surface area contributed by atoms with E-state index in [1.807, 2.05) is 0 Å². The van der Waals surface area contributed by atoms with Crippen LogP contribution in [0.1, 0.15) is 77.6 Å². The van der Waals surface area contributed by atoms with E-state index in [0.29, 0.717) is 0 Å². The first kappa shape index (κ1) is 35.7. The van der Waals surface area contributed by atoms with Gasteiger partial charge in [-0.25, -0.2) is 0 Å². The summed E-state index contributed by atoms with van der Waals surface area (Å²) in [5.41, 5.74) is 11.6. The zero-order chi connectivity index (χ0) is 40.4. The van der Waals surface area contributed by atoms with Crippen molar-refractivity contribution in [1.29, 1.82) is 0 Å². The fraction of sp³-hybridized carbons (Fsp3) is 0.245. The van der Waals surface area contributed by atoms with E-state index in [0.717, 1.165) is 10.9 Å². The van der Waals surface area contributed by atoms with Crippen molar-refractivity contribution in [3.05, 3.63) is 156 Å². The van der Waals surface area contributed by atoms with Gasteiger partial charge in [-0.1, -0.05) is 127 Å². The Balaban J connectivity index is 1.25. The molecule has 8 aromatic rings. The van der Waals surface area contributed by atoms with Crippen LogP contribution in [-0.2, 0) is 24.0 Å². The Morgan fingerprint density at radius 3 is 1.37 bits per heavy atom. The molecule has 2 saturated heterocycles. The maximum atomic E-state index is 6.80. The average molecular weight is 769 g/mol. The molecule has 1 spiro atoms. The predicted molar refractivity (Wildman–Crippen MR) is 243 cm³/mol. The highest BCUT2D eigenvalue weighted by molar-refractivity contribution is 6.62. The second kappa shape index (κ2) is 11.5. The minimum atomic E-state index is -0.751. The summed E-state index contributed by atoms with van der Waals surface area (Å²) < 4.78 is 27.2. The number of benzene rings is 8. The molecular formula is C53H46B2O4. The van der Waals surface area contributed by atoms with Crippen molar-refractivity contribution in [1.82, 2.24) is 0 Å². The summed E-state index contributed by atoms with van der Waals surface area (Å²) in [7, 11) is -1.06. The van der Waals surface area contributed by atoms with Gasteiger partial charge in [0.05, 0.1) is 27.8 Å². The molecule has 6 heteroatoms. The summed E-state index contributed by atoms with van der Waals surface area (Å²) >= 11 is 0. The van der Waals surface area contributed by atoms with Gasteiger partial charge in [0.2, 0.25) is 0 Å². The number of hydrogen-bond donors (Lipinski definition) is 0. The molecule has 2 aliphatic heterocycles. The largest absolute Gasteiger partial charge is 0.494 e. The van der Waals surface area contributed by atoms with Crippen molar-refractivity contribution in [2.75, 3.05) is 0 Å². The van der Waals surface area contributed by atoms with E-state index in [9.17, 15) is 0 Å². The number of rotatable bonds is 2.